The fourth-order valence-electron chi connectivity index (χ4n) is 1.50. The minimum atomic E-state index is 0.228. The SMILES string of the molecule is CC1(CNc2cccc(Cl)c2Cl)COC1. The number of ether oxygens (including phenoxy) is 1. The van der Waals surface area contributed by atoms with Gasteiger partial charge in [-0.1, -0.05) is 36.2 Å². The van der Waals surface area contributed by atoms with Crippen LogP contribution in [0.4, 0.5) is 5.69 Å². The average molecular weight is 246 g/mol. The monoisotopic (exact) mass is 245 g/mol. The fourth-order valence-corrected chi connectivity index (χ4v) is 1.87. The maximum Gasteiger partial charge on any atom is 0.0823 e. The Kier molecular flexibility index (Phi) is 3.10. The highest BCUT2D eigenvalue weighted by Crippen LogP contribution is 2.32. The van der Waals surface area contributed by atoms with Crippen molar-refractivity contribution in [2.45, 2.75) is 6.92 Å². The lowest BCUT2D eigenvalue weighted by Crippen LogP contribution is -2.45. The van der Waals surface area contributed by atoms with E-state index in [9.17, 15) is 0 Å². The Labute approximate surface area is 99.5 Å². The van der Waals surface area contributed by atoms with Crippen LogP contribution in [0.15, 0.2) is 18.2 Å². The van der Waals surface area contributed by atoms with Crippen LogP contribution in [0.5, 0.6) is 0 Å². The summed E-state index contributed by atoms with van der Waals surface area (Å²) in [7, 11) is 0. The van der Waals surface area contributed by atoms with Crippen LogP contribution in [-0.4, -0.2) is 19.8 Å². The van der Waals surface area contributed by atoms with Gasteiger partial charge in [-0.25, -0.2) is 0 Å². The van der Waals surface area contributed by atoms with Crippen molar-refractivity contribution in [2.75, 3.05) is 25.1 Å². The molecule has 0 atom stereocenters. The zero-order valence-corrected chi connectivity index (χ0v) is 10.0. The van der Waals surface area contributed by atoms with E-state index in [0.717, 1.165) is 25.4 Å². The highest BCUT2D eigenvalue weighted by atomic mass is 35.5. The molecule has 4 heteroatoms. The maximum atomic E-state index is 6.06. The molecule has 0 bridgehead atoms. The largest absolute Gasteiger partial charge is 0.383 e. The van der Waals surface area contributed by atoms with Crippen LogP contribution in [0, 0.1) is 5.41 Å². The van der Waals surface area contributed by atoms with Crippen LogP contribution in [0.1, 0.15) is 6.92 Å². The lowest BCUT2D eigenvalue weighted by molar-refractivity contribution is -0.0924. The highest BCUT2D eigenvalue weighted by molar-refractivity contribution is 6.43. The first kappa shape index (κ1) is 11.1. The van der Waals surface area contributed by atoms with Gasteiger partial charge < -0.3 is 10.1 Å². The van der Waals surface area contributed by atoms with E-state index in [1.54, 1.807) is 6.07 Å². The van der Waals surface area contributed by atoms with E-state index in [4.69, 9.17) is 27.9 Å². The van der Waals surface area contributed by atoms with E-state index in [0.29, 0.717) is 10.0 Å². The molecule has 0 spiro atoms. The van der Waals surface area contributed by atoms with Gasteiger partial charge in [0.25, 0.3) is 0 Å². The highest BCUT2D eigenvalue weighted by Gasteiger charge is 2.33. The number of benzene rings is 1. The molecular weight excluding hydrogens is 233 g/mol. The van der Waals surface area contributed by atoms with E-state index in [2.05, 4.69) is 12.2 Å². The van der Waals surface area contributed by atoms with Gasteiger partial charge in [0.2, 0.25) is 0 Å². The van der Waals surface area contributed by atoms with Gasteiger partial charge in [0.05, 0.1) is 28.9 Å². The van der Waals surface area contributed by atoms with Crippen molar-refractivity contribution in [3.63, 3.8) is 0 Å². The summed E-state index contributed by atoms with van der Waals surface area (Å²) in [6, 6.07) is 5.59. The third-order valence-electron chi connectivity index (χ3n) is 2.56. The van der Waals surface area contributed by atoms with Crippen LogP contribution >= 0.6 is 23.2 Å². The Bertz CT molecular complexity index is 364. The molecular formula is C11H13Cl2NO. The number of hydrogen-bond donors (Lipinski definition) is 1. The van der Waals surface area contributed by atoms with Crippen molar-refractivity contribution < 1.29 is 4.74 Å². The quantitative estimate of drug-likeness (QED) is 0.881. The van der Waals surface area contributed by atoms with Gasteiger partial charge >= 0.3 is 0 Å². The molecule has 1 aliphatic heterocycles. The van der Waals surface area contributed by atoms with Gasteiger partial charge in [-0.3, -0.25) is 0 Å². The lowest BCUT2D eigenvalue weighted by Gasteiger charge is -2.38. The molecule has 2 rings (SSSR count). The molecule has 0 unspecified atom stereocenters. The van der Waals surface area contributed by atoms with Crippen LogP contribution in [0.2, 0.25) is 10.0 Å². The normalized spacial score (nSPS) is 18.3. The van der Waals surface area contributed by atoms with Crippen molar-refractivity contribution in [3.05, 3.63) is 28.2 Å². The van der Waals surface area contributed by atoms with Crippen molar-refractivity contribution in [3.8, 4) is 0 Å². The summed E-state index contributed by atoms with van der Waals surface area (Å²) in [6.45, 7) is 4.64. The molecule has 15 heavy (non-hydrogen) atoms. The standard InChI is InChI=1S/C11H13Cl2NO/c1-11(6-15-7-11)5-14-9-4-2-3-8(12)10(9)13/h2-4,14H,5-7H2,1H3. The second kappa shape index (κ2) is 4.20. The van der Waals surface area contributed by atoms with Crippen molar-refractivity contribution in [1.29, 1.82) is 0 Å². The van der Waals surface area contributed by atoms with Gasteiger partial charge in [0, 0.05) is 12.0 Å². The van der Waals surface area contributed by atoms with Gasteiger partial charge in [0.1, 0.15) is 0 Å². The molecule has 1 saturated heterocycles. The third-order valence-corrected chi connectivity index (χ3v) is 3.38. The summed E-state index contributed by atoms with van der Waals surface area (Å²) in [4.78, 5) is 0. The topological polar surface area (TPSA) is 21.3 Å². The molecule has 2 nitrogen and oxygen atoms in total. The summed E-state index contributed by atoms with van der Waals surface area (Å²) in [5, 5.41) is 4.47. The van der Waals surface area contributed by atoms with Gasteiger partial charge in [-0.2, -0.15) is 0 Å². The van der Waals surface area contributed by atoms with Crippen molar-refractivity contribution in [2.24, 2.45) is 5.41 Å². The minimum Gasteiger partial charge on any atom is -0.383 e. The number of hydrogen-bond acceptors (Lipinski definition) is 2. The Morgan fingerprint density at radius 3 is 2.73 bits per heavy atom. The van der Waals surface area contributed by atoms with Crippen molar-refractivity contribution >= 4 is 28.9 Å². The minimum absolute atomic E-state index is 0.228. The molecule has 1 fully saturated rings. The summed E-state index contributed by atoms with van der Waals surface area (Å²) in [6.07, 6.45) is 0. The zero-order chi connectivity index (χ0) is 10.9. The summed E-state index contributed by atoms with van der Waals surface area (Å²) >= 11 is 12.0. The zero-order valence-electron chi connectivity index (χ0n) is 8.52. The second-order valence-electron chi connectivity index (χ2n) is 4.26. The molecule has 1 N–H and O–H groups in total. The van der Waals surface area contributed by atoms with Crippen LogP contribution in [0.25, 0.3) is 0 Å². The molecule has 0 amide bonds. The smallest absolute Gasteiger partial charge is 0.0823 e. The maximum absolute atomic E-state index is 6.06. The Morgan fingerprint density at radius 2 is 2.13 bits per heavy atom. The van der Waals surface area contributed by atoms with E-state index >= 15 is 0 Å². The number of nitrogens with one attached hydrogen (secondary N) is 1. The molecule has 1 aromatic rings. The Morgan fingerprint density at radius 1 is 1.40 bits per heavy atom. The predicted octanol–water partition coefficient (Wildman–Crippen LogP) is 3.44. The van der Waals surface area contributed by atoms with Gasteiger partial charge in [0.15, 0.2) is 0 Å². The van der Waals surface area contributed by atoms with E-state index in [1.165, 1.54) is 0 Å². The average Bonchev–Trinajstić information content (AvgIpc) is 2.17. The Balaban J connectivity index is 2.01. The molecule has 82 valence electrons. The Hall–Kier alpha value is -0.440. The van der Waals surface area contributed by atoms with E-state index in [1.807, 2.05) is 12.1 Å². The summed E-state index contributed by atoms with van der Waals surface area (Å²) in [5.74, 6) is 0. The first-order valence-electron chi connectivity index (χ1n) is 4.86. The first-order valence-corrected chi connectivity index (χ1v) is 5.62. The molecule has 1 aromatic carbocycles. The predicted molar refractivity (Wildman–Crippen MR) is 63.9 cm³/mol. The molecule has 1 heterocycles. The van der Waals surface area contributed by atoms with Gasteiger partial charge in [-0.15, -0.1) is 0 Å². The van der Waals surface area contributed by atoms with Crippen LogP contribution < -0.4 is 5.32 Å². The van der Waals surface area contributed by atoms with Gasteiger partial charge in [-0.05, 0) is 12.1 Å². The number of halogens is 2. The fraction of sp³-hybridized carbons (Fsp3) is 0.455. The second-order valence-corrected chi connectivity index (χ2v) is 5.04. The molecule has 0 aromatic heterocycles. The first-order chi connectivity index (χ1) is 7.11. The summed E-state index contributed by atoms with van der Waals surface area (Å²) < 4.78 is 5.18. The molecule has 1 aliphatic rings. The molecule has 0 aliphatic carbocycles. The number of rotatable bonds is 3. The summed E-state index contributed by atoms with van der Waals surface area (Å²) in [5.41, 5.74) is 1.11. The van der Waals surface area contributed by atoms with Crippen molar-refractivity contribution in [1.82, 2.24) is 0 Å². The van der Waals surface area contributed by atoms with E-state index in [-0.39, 0.29) is 5.41 Å². The lowest BCUT2D eigenvalue weighted by atomic mass is 9.89. The molecule has 0 radical (unpaired) electrons. The molecule has 0 saturated carbocycles. The van der Waals surface area contributed by atoms with Crippen LogP contribution in [0.3, 0.4) is 0 Å². The number of anilines is 1. The third kappa shape index (κ3) is 2.39. The van der Waals surface area contributed by atoms with E-state index < -0.39 is 0 Å². The van der Waals surface area contributed by atoms with Crippen LogP contribution in [-0.2, 0) is 4.74 Å².